The Balaban J connectivity index is 2.58. The van der Waals surface area contributed by atoms with Gasteiger partial charge in [0.2, 0.25) is 0 Å². The van der Waals surface area contributed by atoms with E-state index < -0.39 is 0 Å². The van der Waals surface area contributed by atoms with E-state index >= 15 is 0 Å². The fraction of sp³-hybridized carbons (Fsp3) is 0.154. The maximum Gasteiger partial charge on any atom is 0.126 e. The number of nitrogens with one attached hydrogen (secondary N) is 1. The van der Waals surface area contributed by atoms with Crippen molar-refractivity contribution in [2.24, 2.45) is 0 Å². The SMILES string of the molecule is CNc1cnccc1-c1ccccc1OC. The zero-order valence-electron chi connectivity index (χ0n) is 9.40. The molecule has 0 saturated carbocycles. The summed E-state index contributed by atoms with van der Waals surface area (Å²) in [4.78, 5) is 4.09. The van der Waals surface area contributed by atoms with E-state index in [1.165, 1.54) is 0 Å². The zero-order chi connectivity index (χ0) is 11.4. The third kappa shape index (κ3) is 1.84. The van der Waals surface area contributed by atoms with Crippen LogP contribution in [0.15, 0.2) is 42.7 Å². The lowest BCUT2D eigenvalue weighted by molar-refractivity contribution is 0.416. The van der Waals surface area contributed by atoms with Crippen LogP contribution in [-0.4, -0.2) is 19.1 Å². The van der Waals surface area contributed by atoms with Crippen LogP contribution in [0.25, 0.3) is 11.1 Å². The second-order valence-corrected chi connectivity index (χ2v) is 3.37. The third-order valence-electron chi connectivity index (χ3n) is 2.49. The Morgan fingerprint density at radius 2 is 1.94 bits per heavy atom. The van der Waals surface area contributed by atoms with Crippen LogP contribution in [0.4, 0.5) is 5.69 Å². The molecule has 0 amide bonds. The van der Waals surface area contributed by atoms with Crippen molar-refractivity contribution in [3.05, 3.63) is 42.7 Å². The Kier molecular flexibility index (Phi) is 3.05. The lowest BCUT2D eigenvalue weighted by atomic mass is 10.0. The molecule has 0 aliphatic rings. The predicted molar refractivity (Wildman–Crippen MR) is 65.8 cm³/mol. The normalized spacial score (nSPS) is 9.88. The number of aromatic nitrogens is 1. The maximum atomic E-state index is 5.35. The highest BCUT2D eigenvalue weighted by atomic mass is 16.5. The minimum Gasteiger partial charge on any atom is -0.496 e. The molecule has 2 rings (SSSR count). The first-order valence-electron chi connectivity index (χ1n) is 5.12. The standard InChI is InChI=1S/C13H14N2O/c1-14-12-9-15-8-7-10(12)11-5-3-4-6-13(11)16-2/h3-9,14H,1-2H3. The fourth-order valence-corrected chi connectivity index (χ4v) is 1.70. The van der Waals surface area contributed by atoms with Gasteiger partial charge in [0.25, 0.3) is 0 Å². The van der Waals surface area contributed by atoms with Gasteiger partial charge >= 0.3 is 0 Å². The molecule has 1 aromatic heterocycles. The average Bonchev–Trinajstić information content (AvgIpc) is 2.38. The summed E-state index contributed by atoms with van der Waals surface area (Å²) in [6.45, 7) is 0. The van der Waals surface area contributed by atoms with Crippen LogP contribution < -0.4 is 10.1 Å². The molecule has 0 spiro atoms. The maximum absolute atomic E-state index is 5.35. The number of anilines is 1. The minimum atomic E-state index is 0.866. The second kappa shape index (κ2) is 4.66. The van der Waals surface area contributed by atoms with Crippen LogP contribution in [0.5, 0.6) is 5.75 Å². The molecule has 1 heterocycles. The fourth-order valence-electron chi connectivity index (χ4n) is 1.70. The van der Waals surface area contributed by atoms with Gasteiger partial charge in [0.1, 0.15) is 5.75 Å². The minimum absolute atomic E-state index is 0.866. The molecule has 0 unspecified atom stereocenters. The van der Waals surface area contributed by atoms with Crippen molar-refractivity contribution in [3.63, 3.8) is 0 Å². The molecule has 1 N–H and O–H groups in total. The second-order valence-electron chi connectivity index (χ2n) is 3.37. The Bertz CT molecular complexity index is 437. The van der Waals surface area contributed by atoms with E-state index in [4.69, 9.17) is 4.74 Å². The van der Waals surface area contributed by atoms with Crippen molar-refractivity contribution in [3.8, 4) is 16.9 Å². The van der Waals surface area contributed by atoms with Gasteiger partial charge in [-0.05, 0) is 12.1 Å². The van der Waals surface area contributed by atoms with E-state index in [-0.39, 0.29) is 0 Å². The Morgan fingerprint density at radius 1 is 1.12 bits per heavy atom. The molecule has 3 nitrogen and oxygen atoms in total. The van der Waals surface area contributed by atoms with Crippen molar-refractivity contribution in [1.29, 1.82) is 0 Å². The topological polar surface area (TPSA) is 34.2 Å². The molecule has 0 aliphatic heterocycles. The Morgan fingerprint density at radius 3 is 2.69 bits per heavy atom. The van der Waals surface area contributed by atoms with E-state index in [1.54, 1.807) is 13.3 Å². The first-order chi connectivity index (χ1) is 7.86. The summed E-state index contributed by atoms with van der Waals surface area (Å²) in [6.07, 6.45) is 3.59. The molecule has 0 atom stereocenters. The molecular weight excluding hydrogens is 200 g/mol. The number of methoxy groups -OCH3 is 1. The summed E-state index contributed by atoms with van der Waals surface area (Å²) in [7, 11) is 3.56. The van der Waals surface area contributed by atoms with E-state index in [2.05, 4.69) is 10.3 Å². The quantitative estimate of drug-likeness (QED) is 0.853. The average molecular weight is 214 g/mol. The highest BCUT2D eigenvalue weighted by molar-refractivity contribution is 5.80. The molecule has 0 aliphatic carbocycles. The van der Waals surface area contributed by atoms with Crippen molar-refractivity contribution in [2.45, 2.75) is 0 Å². The van der Waals surface area contributed by atoms with Crippen LogP contribution in [0, 0.1) is 0 Å². The number of nitrogens with zero attached hydrogens (tertiary/aromatic N) is 1. The van der Waals surface area contributed by atoms with Gasteiger partial charge in [0, 0.05) is 24.4 Å². The van der Waals surface area contributed by atoms with Crippen molar-refractivity contribution >= 4 is 5.69 Å². The lowest BCUT2D eigenvalue weighted by Gasteiger charge is -2.11. The summed E-state index contributed by atoms with van der Waals surface area (Å²) in [6, 6.07) is 9.92. The first kappa shape index (κ1) is 10.5. The number of rotatable bonds is 3. The van der Waals surface area contributed by atoms with Gasteiger partial charge in [-0.3, -0.25) is 4.98 Å². The smallest absolute Gasteiger partial charge is 0.126 e. The van der Waals surface area contributed by atoms with Gasteiger partial charge in [-0.2, -0.15) is 0 Å². The molecule has 0 bridgehead atoms. The molecule has 0 fully saturated rings. The predicted octanol–water partition coefficient (Wildman–Crippen LogP) is 2.80. The number of ether oxygens (including phenoxy) is 1. The first-order valence-corrected chi connectivity index (χ1v) is 5.12. The molecule has 16 heavy (non-hydrogen) atoms. The van der Waals surface area contributed by atoms with Crippen molar-refractivity contribution < 1.29 is 4.74 Å². The van der Waals surface area contributed by atoms with Crippen LogP contribution in [0.3, 0.4) is 0 Å². The molecule has 2 aromatic rings. The molecule has 0 radical (unpaired) electrons. The van der Waals surface area contributed by atoms with Crippen LogP contribution in [0.1, 0.15) is 0 Å². The van der Waals surface area contributed by atoms with Crippen molar-refractivity contribution in [1.82, 2.24) is 4.98 Å². The zero-order valence-corrected chi connectivity index (χ0v) is 9.40. The summed E-state index contributed by atoms with van der Waals surface area (Å²) < 4.78 is 5.35. The number of para-hydroxylation sites is 1. The lowest BCUT2D eigenvalue weighted by Crippen LogP contribution is -1.94. The van der Waals surface area contributed by atoms with Crippen LogP contribution in [-0.2, 0) is 0 Å². The van der Waals surface area contributed by atoms with Gasteiger partial charge in [0.15, 0.2) is 0 Å². The van der Waals surface area contributed by atoms with E-state index in [1.807, 2.05) is 43.6 Å². The number of hydrogen-bond acceptors (Lipinski definition) is 3. The highest BCUT2D eigenvalue weighted by Crippen LogP contribution is 2.33. The van der Waals surface area contributed by atoms with Gasteiger partial charge < -0.3 is 10.1 Å². The van der Waals surface area contributed by atoms with Crippen molar-refractivity contribution in [2.75, 3.05) is 19.5 Å². The van der Waals surface area contributed by atoms with Crippen LogP contribution >= 0.6 is 0 Å². The van der Waals surface area contributed by atoms with E-state index in [0.29, 0.717) is 0 Å². The molecule has 3 heteroatoms. The van der Waals surface area contributed by atoms with Crippen LogP contribution in [0.2, 0.25) is 0 Å². The van der Waals surface area contributed by atoms with E-state index in [0.717, 1.165) is 22.6 Å². The Labute approximate surface area is 95.1 Å². The van der Waals surface area contributed by atoms with Gasteiger partial charge in [-0.25, -0.2) is 0 Å². The van der Waals surface area contributed by atoms with E-state index in [9.17, 15) is 0 Å². The molecular formula is C13H14N2O. The van der Waals surface area contributed by atoms with Gasteiger partial charge in [-0.1, -0.05) is 18.2 Å². The monoisotopic (exact) mass is 214 g/mol. The summed E-state index contributed by atoms with van der Waals surface area (Å²) in [5, 5.41) is 3.13. The summed E-state index contributed by atoms with van der Waals surface area (Å²) in [5.74, 6) is 0.866. The number of pyridine rings is 1. The summed E-state index contributed by atoms with van der Waals surface area (Å²) >= 11 is 0. The van der Waals surface area contributed by atoms with Gasteiger partial charge in [0.05, 0.1) is 19.0 Å². The highest BCUT2D eigenvalue weighted by Gasteiger charge is 2.08. The third-order valence-corrected chi connectivity index (χ3v) is 2.49. The summed E-state index contributed by atoms with van der Waals surface area (Å²) in [5.41, 5.74) is 3.15. The molecule has 1 aromatic carbocycles. The number of benzene rings is 1. The van der Waals surface area contributed by atoms with Gasteiger partial charge in [-0.15, -0.1) is 0 Å². The number of hydrogen-bond donors (Lipinski definition) is 1. The molecule has 82 valence electrons. The Hall–Kier alpha value is -2.03. The largest absolute Gasteiger partial charge is 0.496 e. The molecule has 0 saturated heterocycles.